The van der Waals surface area contributed by atoms with Crippen molar-refractivity contribution >= 4 is 41.1 Å². The molecule has 3 rings (SSSR count). The summed E-state index contributed by atoms with van der Waals surface area (Å²) in [7, 11) is 2.99. The first-order valence-corrected chi connectivity index (χ1v) is 7.83. The van der Waals surface area contributed by atoms with E-state index in [4.69, 9.17) is 37.4 Å². The molecule has 0 spiro atoms. The number of esters is 1. The number of ether oxygens (including phenoxy) is 3. The highest BCUT2D eigenvalue weighted by atomic mass is 35.5. The first kappa shape index (κ1) is 17.3. The van der Waals surface area contributed by atoms with Gasteiger partial charge in [0.2, 0.25) is 5.90 Å². The fourth-order valence-electron chi connectivity index (χ4n) is 2.22. The van der Waals surface area contributed by atoms with Crippen molar-refractivity contribution in [2.45, 2.75) is 0 Å². The number of nitrogens with zero attached hydrogens (tertiary/aromatic N) is 2. The van der Waals surface area contributed by atoms with Gasteiger partial charge >= 0.3 is 5.97 Å². The summed E-state index contributed by atoms with van der Waals surface area (Å²) in [6.45, 7) is 0. The Morgan fingerprint density at radius 3 is 2.64 bits per heavy atom. The zero-order valence-electron chi connectivity index (χ0n) is 13.2. The molecule has 1 aliphatic rings. The minimum atomic E-state index is -0.595. The number of carbonyl (C=O) groups is 1. The summed E-state index contributed by atoms with van der Waals surface area (Å²) in [5, 5.41) is 0.814. The van der Waals surface area contributed by atoms with Crippen LogP contribution in [0.15, 0.2) is 41.2 Å². The van der Waals surface area contributed by atoms with Crippen LogP contribution in [0, 0.1) is 0 Å². The summed E-state index contributed by atoms with van der Waals surface area (Å²) in [6.07, 6.45) is 3.04. The van der Waals surface area contributed by atoms with Gasteiger partial charge in [-0.2, -0.15) is 0 Å². The third-order valence-corrected chi connectivity index (χ3v) is 3.84. The molecule has 0 saturated carbocycles. The number of aliphatic imine (C=N–C) groups is 1. The van der Waals surface area contributed by atoms with E-state index in [1.165, 1.54) is 26.5 Å². The van der Waals surface area contributed by atoms with Gasteiger partial charge < -0.3 is 14.2 Å². The maximum atomic E-state index is 12.1. The molecule has 0 fully saturated rings. The van der Waals surface area contributed by atoms with E-state index in [9.17, 15) is 4.79 Å². The molecule has 1 aliphatic heterocycles. The molecular weight excluding hydrogens is 367 g/mol. The van der Waals surface area contributed by atoms with Crippen LogP contribution in [0.25, 0.3) is 6.08 Å². The van der Waals surface area contributed by atoms with E-state index in [-0.39, 0.29) is 11.6 Å². The third kappa shape index (κ3) is 3.60. The minimum absolute atomic E-state index is 0.0883. The van der Waals surface area contributed by atoms with Gasteiger partial charge in [0.1, 0.15) is 5.69 Å². The smallest absolute Gasteiger partial charge is 0.363 e. The molecule has 0 radical (unpaired) electrons. The van der Waals surface area contributed by atoms with Crippen LogP contribution in [0.1, 0.15) is 11.3 Å². The monoisotopic (exact) mass is 378 g/mol. The first-order chi connectivity index (χ1) is 12.0. The Kier molecular flexibility index (Phi) is 4.92. The Morgan fingerprint density at radius 2 is 1.96 bits per heavy atom. The van der Waals surface area contributed by atoms with E-state index in [1.54, 1.807) is 24.3 Å². The van der Waals surface area contributed by atoms with Crippen LogP contribution in [0.5, 0.6) is 11.5 Å². The van der Waals surface area contributed by atoms with Crippen LogP contribution in [-0.4, -0.2) is 31.1 Å². The number of hydrogen-bond acceptors (Lipinski definition) is 6. The number of cyclic esters (lactones) is 1. The van der Waals surface area contributed by atoms with Gasteiger partial charge in [0.05, 0.1) is 19.2 Å². The number of methoxy groups -OCH3 is 2. The molecule has 0 N–H and O–H groups in total. The predicted octanol–water partition coefficient (Wildman–Crippen LogP) is 3.75. The SMILES string of the molecule is COc1cc(/C=C2\N=C(c3cc(Cl)ccn3)OC2=O)cc(Cl)c1OC. The maximum Gasteiger partial charge on any atom is 0.363 e. The molecule has 0 aliphatic carbocycles. The van der Waals surface area contributed by atoms with Crippen LogP contribution in [0.3, 0.4) is 0 Å². The molecular formula is C17H12Cl2N2O4. The highest BCUT2D eigenvalue weighted by Crippen LogP contribution is 2.36. The predicted molar refractivity (Wildman–Crippen MR) is 94.4 cm³/mol. The van der Waals surface area contributed by atoms with Gasteiger partial charge in [-0.3, -0.25) is 4.98 Å². The lowest BCUT2D eigenvalue weighted by atomic mass is 10.1. The summed E-state index contributed by atoms with van der Waals surface area (Å²) in [5.74, 6) is 0.342. The fraction of sp³-hybridized carbons (Fsp3) is 0.118. The van der Waals surface area contributed by atoms with E-state index in [0.717, 1.165) is 0 Å². The van der Waals surface area contributed by atoms with Crippen molar-refractivity contribution < 1.29 is 19.0 Å². The van der Waals surface area contributed by atoms with E-state index >= 15 is 0 Å². The van der Waals surface area contributed by atoms with Crippen LogP contribution >= 0.6 is 23.2 Å². The van der Waals surface area contributed by atoms with Crippen LogP contribution in [-0.2, 0) is 9.53 Å². The van der Waals surface area contributed by atoms with Crippen molar-refractivity contribution in [1.29, 1.82) is 0 Å². The molecule has 1 aromatic carbocycles. The number of hydrogen-bond donors (Lipinski definition) is 0. The molecule has 2 heterocycles. The molecule has 128 valence electrons. The molecule has 1 aromatic heterocycles. The lowest BCUT2D eigenvalue weighted by molar-refractivity contribution is -0.129. The second kappa shape index (κ2) is 7.13. The van der Waals surface area contributed by atoms with Crippen LogP contribution in [0.4, 0.5) is 0 Å². The van der Waals surface area contributed by atoms with Crippen molar-refractivity contribution in [3.63, 3.8) is 0 Å². The average Bonchev–Trinajstić information content (AvgIpc) is 2.95. The summed E-state index contributed by atoms with van der Waals surface area (Å²) < 4.78 is 15.6. The second-order valence-corrected chi connectivity index (χ2v) is 5.78. The Labute approximate surface area is 153 Å². The normalized spacial score (nSPS) is 15.1. The number of aromatic nitrogens is 1. The number of benzene rings is 1. The highest BCUT2D eigenvalue weighted by molar-refractivity contribution is 6.32. The van der Waals surface area contributed by atoms with Gasteiger partial charge in [-0.25, -0.2) is 9.79 Å². The number of halogens is 2. The molecule has 0 atom stereocenters. The summed E-state index contributed by atoms with van der Waals surface area (Å²) >= 11 is 12.1. The molecule has 2 aromatic rings. The quantitative estimate of drug-likeness (QED) is 0.598. The van der Waals surface area contributed by atoms with Gasteiger partial charge in [-0.05, 0) is 35.9 Å². The van der Waals surface area contributed by atoms with Crippen LogP contribution in [0.2, 0.25) is 10.0 Å². The zero-order chi connectivity index (χ0) is 18.0. The van der Waals surface area contributed by atoms with Crippen LogP contribution < -0.4 is 9.47 Å². The molecule has 0 bridgehead atoms. The van der Waals surface area contributed by atoms with Crippen molar-refractivity contribution in [1.82, 2.24) is 4.98 Å². The fourth-order valence-corrected chi connectivity index (χ4v) is 2.68. The zero-order valence-corrected chi connectivity index (χ0v) is 14.8. The Bertz CT molecular complexity index is 910. The lowest BCUT2D eigenvalue weighted by Crippen LogP contribution is -2.07. The van der Waals surface area contributed by atoms with Crippen molar-refractivity contribution in [2.24, 2.45) is 4.99 Å². The third-order valence-electron chi connectivity index (χ3n) is 3.32. The molecule has 25 heavy (non-hydrogen) atoms. The van der Waals surface area contributed by atoms with E-state index < -0.39 is 5.97 Å². The molecule has 0 amide bonds. The number of pyridine rings is 1. The molecule has 8 heteroatoms. The molecule has 0 saturated heterocycles. The van der Waals surface area contributed by atoms with Gasteiger partial charge in [0.25, 0.3) is 0 Å². The van der Waals surface area contributed by atoms with Crippen molar-refractivity contribution in [3.8, 4) is 11.5 Å². The van der Waals surface area contributed by atoms with E-state index in [2.05, 4.69) is 9.98 Å². The number of carbonyl (C=O) groups excluding carboxylic acids is 1. The second-order valence-electron chi connectivity index (χ2n) is 4.93. The number of rotatable bonds is 4. The average molecular weight is 379 g/mol. The minimum Gasteiger partial charge on any atom is -0.493 e. The Morgan fingerprint density at radius 1 is 1.16 bits per heavy atom. The van der Waals surface area contributed by atoms with E-state index in [1.807, 2.05) is 0 Å². The summed E-state index contributed by atoms with van der Waals surface area (Å²) in [4.78, 5) is 20.3. The van der Waals surface area contributed by atoms with Crippen molar-refractivity contribution in [3.05, 3.63) is 57.5 Å². The van der Waals surface area contributed by atoms with Gasteiger partial charge in [-0.1, -0.05) is 23.2 Å². The van der Waals surface area contributed by atoms with E-state index in [0.29, 0.717) is 32.8 Å². The maximum absolute atomic E-state index is 12.1. The largest absolute Gasteiger partial charge is 0.493 e. The summed E-state index contributed by atoms with van der Waals surface area (Å²) in [6, 6.07) is 6.49. The standard InChI is InChI=1S/C17H12Cl2N2O4/c1-23-14-7-9(5-11(19)15(14)24-2)6-13-17(22)25-16(21-13)12-8-10(18)3-4-20-12/h3-8H,1-2H3/b13-6-. The highest BCUT2D eigenvalue weighted by Gasteiger charge is 2.25. The topological polar surface area (TPSA) is 70.0 Å². The van der Waals surface area contributed by atoms with Crippen molar-refractivity contribution in [2.75, 3.05) is 14.2 Å². The molecule has 6 nitrogen and oxygen atoms in total. The van der Waals surface area contributed by atoms with Gasteiger partial charge in [0, 0.05) is 11.2 Å². The molecule has 0 unspecified atom stereocenters. The van der Waals surface area contributed by atoms with Gasteiger partial charge in [0.15, 0.2) is 17.2 Å². The Hall–Kier alpha value is -2.57. The lowest BCUT2D eigenvalue weighted by Gasteiger charge is -2.10. The Balaban J connectivity index is 1.98. The van der Waals surface area contributed by atoms with Gasteiger partial charge in [-0.15, -0.1) is 0 Å². The first-order valence-electron chi connectivity index (χ1n) is 7.08. The summed E-state index contributed by atoms with van der Waals surface area (Å²) in [5.41, 5.74) is 1.09.